The zero-order chi connectivity index (χ0) is 7.78. The Morgan fingerprint density at radius 2 is 2.20 bits per heavy atom. The van der Waals surface area contributed by atoms with Gasteiger partial charge in [-0.3, -0.25) is 9.69 Å². The Balaban J connectivity index is 2.59. The molecule has 1 aliphatic heterocycles. The Labute approximate surface area is 61.4 Å². The molecule has 1 rings (SSSR count). The topological polar surface area (TPSA) is 32.3 Å². The van der Waals surface area contributed by atoms with Gasteiger partial charge in [0.2, 0.25) is 5.91 Å². The highest BCUT2D eigenvalue weighted by atomic mass is 16.2. The minimum Gasteiger partial charge on any atom is -0.349 e. The van der Waals surface area contributed by atoms with Gasteiger partial charge in [0.1, 0.15) is 0 Å². The maximum Gasteiger partial charge on any atom is 0.234 e. The van der Waals surface area contributed by atoms with Crippen molar-refractivity contribution in [1.82, 2.24) is 10.2 Å². The van der Waals surface area contributed by atoms with E-state index >= 15 is 0 Å². The Morgan fingerprint density at radius 3 is 2.60 bits per heavy atom. The van der Waals surface area contributed by atoms with Gasteiger partial charge in [-0.2, -0.15) is 0 Å². The largest absolute Gasteiger partial charge is 0.349 e. The second-order valence-electron chi connectivity index (χ2n) is 3.60. The molecule has 0 aromatic carbocycles. The smallest absolute Gasteiger partial charge is 0.234 e. The molecule has 58 valence electrons. The molecule has 1 aliphatic rings. The van der Waals surface area contributed by atoms with E-state index in [1.807, 2.05) is 25.8 Å². The van der Waals surface area contributed by atoms with Gasteiger partial charge in [0.25, 0.3) is 0 Å². The van der Waals surface area contributed by atoms with E-state index in [1.165, 1.54) is 0 Å². The number of carbonyl (C=O) groups is 1. The van der Waals surface area contributed by atoms with Gasteiger partial charge in [0, 0.05) is 12.1 Å². The first kappa shape index (κ1) is 7.54. The first-order chi connectivity index (χ1) is 4.49. The van der Waals surface area contributed by atoms with Crippen LogP contribution in [0.5, 0.6) is 0 Å². The molecule has 1 heterocycles. The third kappa shape index (κ3) is 1.70. The molecule has 0 atom stereocenters. The van der Waals surface area contributed by atoms with Gasteiger partial charge in [-0.1, -0.05) is 0 Å². The van der Waals surface area contributed by atoms with Crippen LogP contribution in [-0.2, 0) is 4.79 Å². The number of piperazine rings is 1. The maximum atomic E-state index is 10.9. The number of nitrogens with zero attached hydrogens (tertiary/aromatic N) is 1. The van der Waals surface area contributed by atoms with Crippen molar-refractivity contribution < 1.29 is 4.79 Å². The average Bonchev–Trinajstić information content (AvgIpc) is 1.54. The van der Waals surface area contributed by atoms with Crippen LogP contribution >= 0.6 is 0 Å². The third-order valence-electron chi connectivity index (χ3n) is 1.56. The van der Waals surface area contributed by atoms with E-state index in [0.29, 0.717) is 6.54 Å². The van der Waals surface area contributed by atoms with Crippen molar-refractivity contribution in [2.75, 3.05) is 20.1 Å². The normalized spacial score (nSPS) is 26.1. The van der Waals surface area contributed by atoms with Gasteiger partial charge in [-0.15, -0.1) is 0 Å². The van der Waals surface area contributed by atoms with E-state index in [2.05, 4.69) is 5.32 Å². The molecule has 0 saturated carbocycles. The van der Waals surface area contributed by atoms with Crippen LogP contribution in [0.4, 0.5) is 0 Å². The van der Waals surface area contributed by atoms with Crippen LogP contribution in [0.15, 0.2) is 0 Å². The van der Waals surface area contributed by atoms with Crippen LogP contribution < -0.4 is 5.32 Å². The van der Waals surface area contributed by atoms with Crippen LogP contribution in [0.2, 0.25) is 0 Å². The van der Waals surface area contributed by atoms with E-state index in [0.717, 1.165) is 6.54 Å². The number of likely N-dealkylation sites (N-methyl/N-ethyl adjacent to an activating group) is 1. The van der Waals surface area contributed by atoms with Crippen LogP contribution in [0, 0.1) is 0 Å². The standard InChI is InChI=1S/C7H14N2O/c1-7(2)5-9(3)4-6(10)8-7/h4-5H2,1-3H3,(H,8,10). The number of hydrogen-bond donors (Lipinski definition) is 1. The first-order valence-corrected chi connectivity index (χ1v) is 3.49. The Bertz CT molecular complexity index is 154. The van der Waals surface area contributed by atoms with Crippen molar-refractivity contribution >= 4 is 5.91 Å². The lowest BCUT2D eigenvalue weighted by molar-refractivity contribution is -0.126. The summed E-state index contributed by atoms with van der Waals surface area (Å²) < 4.78 is 0. The SMILES string of the molecule is CN1CC(=O)NC(C)(C)C1. The van der Waals surface area contributed by atoms with Gasteiger partial charge in [-0.25, -0.2) is 0 Å². The van der Waals surface area contributed by atoms with Gasteiger partial charge in [0.15, 0.2) is 0 Å². The summed E-state index contributed by atoms with van der Waals surface area (Å²) in [5.74, 6) is 0.124. The van der Waals surface area contributed by atoms with E-state index in [9.17, 15) is 4.79 Å². The fourth-order valence-corrected chi connectivity index (χ4v) is 1.43. The maximum absolute atomic E-state index is 10.9. The van der Waals surface area contributed by atoms with Crippen molar-refractivity contribution in [3.8, 4) is 0 Å². The van der Waals surface area contributed by atoms with Crippen LogP contribution in [0.25, 0.3) is 0 Å². The van der Waals surface area contributed by atoms with Gasteiger partial charge in [-0.05, 0) is 20.9 Å². The number of nitrogens with one attached hydrogen (secondary N) is 1. The van der Waals surface area contributed by atoms with Crippen molar-refractivity contribution in [2.45, 2.75) is 19.4 Å². The van der Waals surface area contributed by atoms with Crippen molar-refractivity contribution in [1.29, 1.82) is 0 Å². The lowest BCUT2D eigenvalue weighted by Gasteiger charge is -2.36. The summed E-state index contributed by atoms with van der Waals surface area (Å²) in [6.07, 6.45) is 0. The van der Waals surface area contributed by atoms with Crippen LogP contribution in [-0.4, -0.2) is 36.5 Å². The fourth-order valence-electron chi connectivity index (χ4n) is 1.43. The molecule has 0 aromatic rings. The molecule has 0 aromatic heterocycles. The monoisotopic (exact) mass is 142 g/mol. The number of rotatable bonds is 0. The van der Waals surface area contributed by atoms with Gasteiger partial charge >= 0.3 is 0 Å². The summed E-state index contributed by atoms with van der Waals surface area (Å²) in [7, 11) is 1.96. The Kier molecular flexibility index (Phi) is 1.68. The van der Waals surface area contributed by atoms with Gasteiger partial charge < -0.3 is 5.32 Å². The minimum absolute atomic E-state index is 0.0515. The van der Waals surface area contributed by atoms with E-state index in [4.69, 9.17) is 0 Å². The van der Waals surface area contributed by atoms with Crippen molar-refractivity contribution in [3.05, 3.63) is 0 Å². The second-order valence-corrected chi connectivity index (χ2v) is 3.60. The Hall–Kier alpha value is -0.570. The zero-order valence-electron chi connectivity index (χ0n) is 6.77. The quantitative estimate of drug-likeness (QED) is 0.509. The predicted octanol–water partition coefficient (Wildman–Crippen LogP) is -0.173. The van der Waals surface area contributed by atoms with E-state index < -0.39 is 0 Å². The van der Waals surface area contributed by atoms with E-state index in [1.54, 1.807) is 0 Å². The van der Waals surface area contributed by atoms with Crippen molar-refractivity contribution in [2.24, 2.45) is 0 Å². The Morgan fingerprint density at radius 1 is 1.60 bits per heavy atom. The zero-order valence-corrected chi connectivity index (χ0v) is 6.77. The molecule has 0 unspecified atom stereocenters. The molecule has 3 heteroatoms. The molecule has 0 aliphatic carbocycles. The predicted molar refractivity (Wildman–Crippen MR) is 39.7 cm³/mol. The second kappa shape index (κ2) is 2.23. The third-order valence-corrected chi connectivity index (χ3v) is 1.56. The molecular formula is C7H14N2O. The highest BCUT2D eigenvalue weighted by Crippen LogP contribution is 2.08. The van der Waals surface area contributed by atoms with E-state index in [-0.39, 0.29) is 11.4 Å². The average molecular weight is 142 g/mol. The molecule has 1 N–H and O–H groups in total. The van der Waals surface area contributed by atoms with Crippen molar-refractivity contribution in [3.63, 3.8) is 0 Å². The summed E-state index contributed by atoms with van der Waals surface area (Å²) >= 11 is 0. The fraction of sp³-hybridized carbons (Fsp3) is 0.857. The summed E-state index contributed by atoms with van der Waals surface area (Å²) in [6.45, 7) is 5.52. The molecule has 1 amide bonds. The summed E-state index contributed by atoms with van der Waals surface area (Å²) in [5.41, 5.74) is -0.0515. The molecule has 0 radical (unpaired) electrons. The molecule has 1 fully saturated rings. The molecule has 0 spiro atoms. The highest BCUT2D eigenvalue weighted by molar-refractivity contribution is 5.79. The van der Waals surface area contributed by atoms with Crippen LogP contribution in [0.1, 0.15) is 13.8 Å². The molecular weight excluding hydrogens is 128 g/mol. The number of carbonyl (C=O) groups excluding carboxylic acids is 1. The lowest BCUT2D eigenvalue weighted by atomic mass is 10.0. The first-order valence-electron chi connectivity index (χ1n) is 3.49. The number of hydrogen-bond acceptors (Lipinski definition) is 2. The summed E-state index contributed by atoms with van der Waals surface area (Å²) in [5, 5.41) is 2.91. The minimum atomic E-state index is -0.0515. The van der Waals surface area contributed by atoms with Crippen LogP contribution in [0.3, 0.4) is 0 Å². The molecule has 10 heavy (non-hydrogen) atoms. The number of amides is 1. The summed E-state index contributed by atoms with van der Waals surface area (Å²) in [4.78, 5) is 13.0. The lowest BCUT2D eigenvalue weighted by Crippen LogP contribution is -2.58. The molecule has 1 saturated heterocycles. The van der Waals surface area contributed by atoms with Gasteiger partial charge in [0.05, 0.1) is 6.54 Å². The molecule has 0 bridgehead atoms. The summed E-state index contributed by atoms with van der Waals surface area (Å²) in [6, 6.07) is 0. The molecule has 3 nitrogen and oxygen atoms in total. The highest BCUT2D eigenvalue weighted by Gasteiger charge is 2.27.